The summed E-state index contributed by atoms with van der Waals surface area (Å²) in [5.74, 6) is -0.0293. The molecule has 42 heavy (non-hydrogen) atoms. The topological polar surface area (TPSA) is 125 Å². The molecular weight excluding hydrogens is 542 g/mol. The second-order valence-corrected chi connectivity index (χ2v) is 14.0. The molecule has 0 bridgehead atoms. The van der Waals surface area contributed by atoms with Crippen LogP contribution in [0, 0.1) is 6.92 Å². The van der Waals surface area contributed by atoms with E-state index in [9.17, 15) is 19.2 Å². The fourth-order valence-corrected chi connectivity index (χ4v) is 3.58. The van der Waals surface area contributed by atoms with Crippen LogP contribution >= 0.6 is 0 Å². The molecule has 0 spiro atoms. The van der Waals surface area contributed by atoms with Crippen LogP contribution in [-0.2, 0) is 25.5 Å². The number of imide groups is 2. The van der Waals surface area contributed by atoms with E-state index in [0.29, 0.717) is 16.3 Å². The first-order chi connectivity index (χ1) is 18.9. The Morgan fingerprint density at radius 3 is 1.48 bits per heavy atom. The maximum atomic E-state index is 13.3. The Bertz CT molecular complexity index is 1290. The third-order valence-corrected chi connectivity index (χ3v) is 5.12. The van der Waals surface area contributed by atoms with Gasteiger partial charge in [0.25, 0.3) is 0 Å². The van der Waals surface area contributed by atoms with Crippen molar-refractivity contribution in [3.05, 3.63) is 35.5 Å². The number of anilines is 1. The van der Waals surface area contributed by atoms with Crippen molar-refractivity contribution in [2.24, 2.45) is 0 Å². The lowest BCUT2D eigenvalue weighted by Gasteiger charge is -2.29. The van der Waals surface area contributed by atoms with Crippen LogP contribution in [0.15, 0.2) is 24.4 Å². The number of carbonyl (C=O) groups is 4. The van der Waals surface area contributed by atoms with Gasteiger partial charge in [0.2, 0.25) is 0 Å². The summed E-state index contributed by atoms with van der Waals surface area (Å²) in [6.07, 6.45) is -2.24. The molecule has 0 aliphatic heterocycles. The third-order valence-electron chi connectivity index (χ3n) is 5.12. The first kappa shape index (κ1) is 34.3. The number of aryl methyl sites for hydroxylation is 1. The number of fused-ring (bicyclic) bond motifs is 1. The van der Waals surface area contributed by atoms with Gasteiger partial charge in [0.15, 0.2) is 5.82 Å². The van der Waals surface area contributed by atoms with E-state index < -0.39 is 46.8 Å². The molecule has 232 valence electrons. The minimum absolute atomic E-state index is 0.0293. The Kier molecular flexibility index (Phi) is 9.93. The third kappa shape index (κ3) is 10.2. The Balaban J connectivity index is 2.71. The van der Waals surface area contributed by atoms with Crippen LogP contribution in [0.3, 0.4) is 0 Å². The van der Waals surface area contributed by atoms with Crippen molar-refractivity contribution < 1.29 is 38.1 Å². The summed E-state index contributed by atoms with van der Waals surface area (Å²) in [7, 11) is 0. The standard InChI is InChI=1S/C31H45N3O8/c1-19-16-20-14-15-32-23(34(26(37)41-30(8,9)10)27(38)42-31(11,12)13)22(20)17-21(19)18-33(24(35)39-28(2,3)4)25(36)40-29(5,6)7/h14-17H,18H2,1-13H3. The normalized spacial score (nSPS) is 12.4. The maximum Gasteiger partial charge on any atom is 0.425 e. The van der Waals surface area contributed by atoms with Crippen LogP contribution in [0.2, 0.25) is 0 Å². The summed E-state index contributed by atoms with van der Waals surface area (Å²) in [4.78, 5) is 58.9. The van der Waals surface area contributed by atoms with E-state index in [1.165, 1.54) is 6.20 Å². The van der Waals surface area contributed by atoms with E-state index in [2.05, 4.69) is 4.98 Å². The zero-order valence-electron chi connectivity index (χ0n) is 27.1. The molecule has 0 saturated heterocycles. The minimum atomic E-state index is -0.969. The molecule has 0 saturated carbocycles. The molecule has 0 atom stereocenters. The van der Waals surface area contributed by atoms with E-state index in [1.54, 1.807) is 101 Å². The van der Waals surface area contributed by atoms with E-state index >= 15 is 0 Å². The molecule has 11 heteroatoms. The van der Waals surface area contributed by atoms with Gasteiger partial charge < -0.3 is 18.9 Å². The molecule has 2 rings (SSSR count). The van der Waals surface area contributed by atoms with Gasteiger partial charge in [0.05, 0.1) is 6.54 Å². The summed E-state index contributed by atoms with van der Waals surface area (Å²) < 4.78 is 22.0. The van der Waals surface area contributed by atoms with Crippen LogP contribution < -0.4 is 4.90 Å². The molecule has 0 N–H and O–H groups in total. The molecule has 0 aliphatic rings. The zero-order chi connectivity index (χ0) is 32.4. The Morgan fingerprint density at radius 2 is 1.07 bits per heavy atom. The van der Waals surface area contributed by atoms with Gasteiger partial charge in [-0.3, -0.25) is 0 Å². The van der Waals surface area contributed by atoms with Crippen LogP contribution in [0.25, 0.3) is 10.8 Å². The number of aromatic nitrogens is 1. The number of hydrogen-bond acceptors (Lipinski definition) is 9. The van der Waals surface area contributed by atoms with Crippen molar-refractivity contribution in [2.45, 2.75) is 119 Å². The molecule has 0 radical (unpaired) electrons. The quantitative estimate of drug-likeness (QED) is 0.330. The Labute approximate surface area is 248 Å². The number of rotatable bonds is 3. The van der Waals surface area contributed by atoms with Crippen molar-refractivity contribution >= 4 is 41.0 Å². The van der Waals surface area contributed by atoms with Gasteiger partial charge in [0.1, 0.15) is 22.4 Å². The molecule has 11 nitrogen and oxygen atoms in total. The fourth-order valence-electron chi connectivity index (χ4n) is 3.58. The van der Waals surface area contributed by atoms with Gasteiger partial charge in [0, 0.05) is 11.6 Å². The maximum absolute atomic E-state index is 13.3. The van der Waals surface area contributed by atoms with E-state index in [4.69, 9.17) is 18.9 Å². The zero-order valence-corrected chi connectivity index (χ0v) is 27.1. The monoisotopic (exact) mass is 587 g/mol. The van der Waals surface area contributed by atoms with Crippen molar-refractivity contribution in [3.63, 3.8) is 0 Å². The first-order valence-corrected chi connectivity index (χ1v) is 13.7. The van der Waals surface area contributed by atoms with Gasteiger partial charge >= 0.3 is 24.4 Å². The van der Waals surface area contributed by atoms with Crippen LogP contribution in [0.4, 0.5) is 25.0 Å². The van der Waals surface area contributed by atoms with Gasteiger partial charge in [-0.25, -0.2) is 29.1 Å². The second-order valence-electron chi connectivity index (χ2n) is 14.0. The summed E-state index contributed by atoms with van der Waals surface area (Å²) in [5.41, 5.74) is -2.29. The van der Waals surface area contributed by atoms with E-state index in [-0.39, 0.29) is 12.4 Å². The summed E-state index contributed by atoms with van der Waals surface area (Å²) in [6.45, 7) is 21.8. The number of amides is 4. The average molecular weight is 588 g/mol. The number of ether oxygens (including phenoxy) is 4. The molecular formula is C31H45N3O8. The Morgan fingerprint density at radius 1 is 0.667 bits per heavy atom. The van der Waals surface area contributed by atoms with Crippen LogP contribution in [0.5, 0.6) is 0 Å². The fraction of sp³-hybridized carbons (Fsp3) is 0.581. The van der Waals surface area contributed by atoms with Gasteiger partial charge in [-0.05, 0) is 119 Å². The van der Waals surface area contributed by atoms with Crippen molar-refractivity contribution in [3.8, 4) is 0 Å². The van der Waals surface area contributed by atoms with Crippen molar-refractivity contribution in [1.29, 1.82) is 0 Å². The predicted octanol–water partition coefficient (Wildman–Crippen LogP) is 7.89. The van der Waals surface area contributed by atoms with Crippen molar-refractivity contribution in [2.75, 3.05) is 4.90 Å². The molecule has 1 aromatic carbocycles. The number of pyridine rings is 1. The minimum Gasteiger partial charge on any atom is -0.443 e. The average Bonchev–Trinajstić information content (AvgIpc) is 2.72. The highest BCUT2D eigenvalue weighted by molar-refractivity contribution is 6.14. The lowest BCUT2D eigenvalue weighted by Crippen LogP contribution is -2.44. The Hall–Kier alpha value is -3.89. The molecule has 2 aromatic rings. The lowest BCUT2D eigenvalue weighted by molar-refractivity contribution is -0.000366. The highest BCUT2D eigenvalue weighted by atomic mass is 16.6. The van der Waals surface area contributed by atoms with Crippen LogP contribution in [0.1, 0.15) is 94.2 Å². The van der Waals surface area contributed by atoms with Crippen LogP contribution in [-0.4, -0.2) is 56.7 Å². The number of benzene rings is 1. The van der Waals surface area contributed by atoms with Crippen molar-refractivity contribution in [1.82, 2.24) is 9.88 Å². The molecule has 1 heterocycles. The number of carbonyl (C=O) groups excluding carboxylic acids is 4. The molecule has 1 aromatic heterocycles. The van der Waals surface area contributed by atoms with E-state index in [0.717, 1.165) is 15.4 Å². The summed E-state index contributed by atoms with van der Waals surface area (Å²) in [5, 5.41) is 1.04. The number of hydrogen-bond donors (Lipinski definition) is 0. The molecule has 0 unspecified atom stereocenters. The largest absolute Gasteiger partial charge is 0.443 e. The molecule has 0 fully saturated rings. The SMILES string of the molecule is Cc1cc2ccnc(N(C(=O)OC(C)(C)C)C(=O)OC(C)(C)C)c2cc1CN(C(=O)OC(C)(C)C)C(=O)OC(C)(C)C. The number of nitrogens with zero attached hydrogens (tertiary/aromatic N) is 3. The first-order valence-electron chi connectivity index (χ1n) is 13.7. The molecule has 0 aliphatic carbocycles. The smallest absolute Gasteiger partial charge is 0.425 e. The molecule has 4 amide bonds. The predicted molar refractivity (Wildman–Crippen MR) is 159 cm³/mol. The lowest BCUT2D eigenvalue weighted by atomic mass is 10.0. The summed E-state index contributed by atoms with van der Waals surface area (Å²) in [6, 6.07) is 5.19. The van der Waals surface area contributed by atoms with Gasteiger partial charge in [-0.1, -0.05) is 6.07 Å². The highest BCUT2D eigenvalue weighted by Crippen LogP contribution is 2.31. The van der Waals surface area contributed by atoms with E-state index in [1.807, 2.05) is 6.92 Å². The summed E-state index contributed by atoms with van der Waals surface area (Å²) >= 11 is 0. The van der Waals surface area contributed by atoms with Gasteiger partial charge in [-0.2, -0.15) is 4.90 Å². The van der Waals surface area contributed by atoms with Gasteiger partial charge in [-0.15, -0.1) is 0 Å². The second kappa shape index (κ2) is 12.1. The highest BCUT2D eigenvalue weighted by Gasteiger charge is 2.35.